The zero-order valence-corrected chi connectivity index (χ0v) is 13.3. The average molecular weight is 326 g/mol. The summed E-state index contributed by atoms with van der Waals surface area (Å²) in [4.78, 5) is 23.0. The minimum atomic E-state index is -0.140. The van der Waals surface area contributed by atoms with E-state index in [0.29, 0.717) is 12.2 Å². The van der Waals surface area contributed by atoms with Gasteiger partial charge in [0.25, 0.3) is 5.91 Å². The van der Waals surface area contributed by atoms with Crippen LogP contribution in [0.4, 0.5) is 5.82 Å². The fourth-order valence-electron chi connectivity index (χ4n) is 3.09. The molecule has 0 aromatic carbocycles. The standard InChI is InChI=1S/C15H18N8O/c1-22-6-4-12(21-22)15(24)19-10-3-2-5-23(8-10)14-11-7-18-20-13(11)16-9-17-14/h4,6-7,9-10H,2-3,5,8H2,1H3,(H,19,24)(H,16,17,18,20). The Morgan fingerprint density at radius 3 is 3.17 bits per heavy atom. The Hall–Kier alpha value is -2.97. The molecule has 1 saturated heterocycles. The minimum Gasteiger partial charge on any atom is -0.354 e. The van der Waals surface area contributed by atoms with Gasteiger partial charge in [-0.15, -0.1) is 0 Å². The van der Waals surface area contributed by atoms with Crippen LogP contribution in [0.2, 0.25) is 0 Å². The van der Waals surface area contributed by atoms with Crippen LogP contribution in [0.25, 0.3) is 11.0 Å². The maximum absolute atomic E-state index is 12.3. The number of hydrogen-bond donors (Lipinski definition) is 2. The van der Waals surface area contributed by atoms with Gasteiger partial charge in [0.1, 0.15) is 17.8 Å². The summed E-state index contributed by atoms with van der Waals surface area (Å²) >= 11 is 0. The van der Waals surface area contributed by atoms with Gasteiger partial charge in [0.15, 0.2) is 5.65 Å². The van der Waals surface area contributed by atoms with Crippen LogP contribution in [-0.2, 0) is 7.05 Å². The Balaban J connectivity index is 1.49. The summed E-state index contributed by atoms with van der Waals surface area (Å²) in [7, 11) is 1.80. The van der Waals surface area contributed by atoms with Crippen molar-refractivity contribution in [1.82, 2.24) is 35.3 Å². The van der Waals surface area contributed by atoms with E-state index in [0.717, 1.165) is 36.2 Å². The number of carbonyl (C=O) groups excluding carboxylic acids is 1. The van der Waals surface area contributed by atoms with Gasteiger partial charge in [0, 0.05) is 32.4 Å². The fourth-order valence-corrected chi connectivity index (χ4v) is 3.09. The SMILES string of the molecule is Cn1ccc(C(=O)NC2CCCN(c3ncnc4[nH]ncc34)C2)n1. The van der Waals surface area contributed by atoms with E-state index in [-0.39, 0.29) is 11.9 Å². The van der Waals surface area contributed by atoms with Gasteiger partial charge in [0.2, 0.25) is 0 Å². The van der Waals surface area contributed by atoms with Crippen LogP contribution < -0.4 is 10.2 Å². The number of piperidine rings is 1. The van der Waals surface area contributed by atoms with Crippen LogP contribution in [-0.4, -0.2) is 55.0 Å². The first-order valence-electron chi connectivity index (χ1n) is 7.90. The first kappa shape index (κ1) is 14.6. The molecule has 24 heavy (non-hydrogen) atoms. The molecule has 9 nitrogen and oxygen atoms in total. The molecule has 3 aromatic rings. The Labute approximate surface area is 138 Å². The van der Waals surface area contributed by atoms with Crippen LogP contribution in [0.15, 0.2) is 24.8 Å². The molecule has 124 valence electrons. The smallest absolute Gasteiger partial charge is 0.272 e. The molecule has 1 aliphatic heterocycles. The second-order valence-electron chi connectivity index (χ2n) is 5.96. The number of amides is 1. The number of carbonyl (C=O) groups is 1. The quantitative estimate of drug-likeness (QED) is 0.725. The number of aromatic amines is 1. The highest BCUT2D eigenvalue weighted by molar-refractivity contribution is 5.92. The Bertz CT molecular complexity index is 869. The monoisotopic (exact) mass is 326 g/mol. The maximum atomic E-state index is 12.3. The van der Waals surface area contributed by atoms with Crippen molar-refractivity contribution in [1.29, 1.82) is 0 Å². The van der Waals surface area contributed by atoms with Crippen molar-refractivity contribution >= 4 is 22.8 Å². The number of hydrogen-bond acceptors (Lipinski definition) is 6. The molecule has 1 amide bonds. The van der Waals surface area contributed by atoms with E-state index in [1.165, 1.54) is 6.33 Å². The van der Waals surface area contributed by atoms with E-state index in [4.69, 9.17) is 0 Å². The molecule has 4 rings (SSSR count). The van der Waals surface area contributed by atoms with Crippen LogP contribution in [0, 0.1) is 0 Å². The second-order valence-corrected chi connectivity index (χ2v) is 5.96. The molecule has 1 atom stereocenters. The van der Waals surface area contributed by atoms with Crippen LogP contribution >= 0.6 is 0 Å². The molecular weight excluding hydrogens is 308 g/mol. The highest BCUT2D eigenvalue weighted by Crippen LogP contribution is 2.24. The van der Waals surface area contributed by atoms with Gasteiger partial charge in [0.05, 0.1) is 11.6 Å². The van der Waals surface area contributed by atoms with Crippen molar-refractivity contribution < 1.29 is 4.79 Å². The molecule has 0 spiro atoms. The molecule has 0 radical (unpaired) electrons. The summed E-state index contributed by atoms with van der Waals surface area (Å²) in [5, 5.41) is 15.0. The lowest BCUT2D eigenvalue weighted by Gasteiger charge is -2.34. The van der Waals surface area contributed by atoms with Crippen molar-refractivity contribution in [2.24, 2.45) is 7.05 Å². The first-order chi connectivity index (χ1) is 11.7. The molecule has 3 aromatic heterocycles. The van der Waals surface area contributed by atoms with E-state index in [9.17, 15) is 4.79 Å². The Morgan fingerprint density at radius 1 is 1.42 bits per heavy atom. The van der Waals surface area contributed by atoms with Crippen molar-refractivity contribution in [3.63, 3.8) is 0 Å². The zero-order valence-electron chi connectivity index (χ0n) is 13.3. The van der Waals surface area contributed by atoms with Crippen molar-refractivity contribution in [3.8, 4) is 0 Å². The predicted molar refractivity (Wildman–Crippen MR) is 87.6 cm³/mol. The van der Waals surface area contributed by atoms with E-state index in [2.05, 4.69) is 35.5 Å². The van der Waals surface area contributed by atoms with E-state index in [1.54, 1.807) is 30.2 Å². The number of aromatic nitrogens is 6. The summed E-state index contributed by atoms with van der Waals surface area (Å²) in [6.07, 6.45) is 6.95. The minimum absolute atomic E-state index is 0.0603. The summed E-state index contributed by atoms with van der Waals surface area (Å²) < 4.78 is 1.62. The third-order valence-corrected chi connectivity index (χ3v) is 4.23. The molecule has 1 aliphatic rings. The second kappa shape index (κ2) is 5.91. The van der Waals surface area contributed by atoms with Gasteiger partial charge in [-0.3, -0.25) is 14.6 Å². The van der Waals surface area contributed by atoms with Crippen LogP contribution in [0.3, 0.4) is 0 Å². The van der Waals surface area contributed by atoms with Gasteiger partial charge in [-0.05, 0) is 18.9 Å². The molecule has 0 bridgehead atoms. The third kappa shape index (κ3) is 2.68. The summed E-state index contributed by atoms with van der Waals surface area (Å²) in [5.74, 6) is 0.712. The number of nitrogens with one attached hydrogen (secondary N) is 2. The topological polar surface area (TPSA) is 105 Å². The highest BCUT2D eigenvalue weighted by atomic mass is 16.2. The Morgan fingerprint density at radius 2 is 2.33 bits per heavy atom. The molecule has 1 unspecified atom stereocenters. The number of H-pyrrole nitrogens is 1. The third-order valence-electron chi connectivity index (χ3n) is 4.23. The number of nitrogens with zero attached hydrogens (tertiary/aromatic N) is 6. The van der Waals surface area contributed by atoms with Gasteiger partial charge in [-0.2, -0.15) is 10.2 Å². The van der Waals surface area contributed by atoms with E-state index >= 15 is 0 Å². The summed E-state index contributed by atoms with van der Waals surface area (Å²) in [6.45, 7) is 1.60. The Kier molecular flexibility index (Phi) is 3.60. The fraction of sp³-hybridized carbons (Fsp3) is 0.400. The molecule has 0 aliphatic carbocycles. The van der Waals surface area contributed by atoms with Gasteiger partial charge in [-0.25, -0.2) is 9.97 Å². The van der Waals surface area contributed by atoms with Crippen LogP contribution in [0.5, 0.6) is 0 Å². The lowest BCUT2D eigenvalue weighted by Crippen LogP contribution is -2.48. The lowest BCUT2D eigenvalue weighted by atomic mass is 10.1. The molecule has 1 fully saturated rings. The van der Waals surface area contributed by atoms with Gasteiger partial charge in [-0.1, -0.05) is 0 Å². The lowest BCUT2D eigenvalue weighted by molar-refractivity contribution is 0.0927. The largest absolute Gasteiger partial charge is 0.354 e. The maximum Gasteiger partial charge on any atom is 0.272 e. The molecule has 0 saturated carbocycles. The van der Waals surface area contributed by atoms with Crippen LogP contribution in [0.1, 0.15) is 23.3 Å². The molecule has 9 heteroatoms. The number of rotatable bonds is 3. The highest BCUT2D eigenvalue weighted by Gasteiger charge is 2.24. The van der Waals surface area contributed by atoms with Crippen molar-refractivity contribution in [2.75, 3.05) is 18.0 Å². The van der Waals surface area contributed by atoms with E-state index < -0.39 is 0 Å². The van der Waals surface area contributed by atoms with Gasteiger partial charge < -0.3 is 10.2 Å². The van der Waals surface area contributed by atoms with E-state index in [1.807, 2.05) is 0 Å². The molecule has 4 heterocycles. The number of fused-ring (bicyclic) bond motifs is 1. The summed E-state index contributed by atoms with van der Waals surface area (Å²) in [6, 6.07) is 1.78. The number of anilines is 1. The predicted octanol–water partition coefficient (Wildman–Crippen LogP) is 0.485. The first-order valence-corrected chi connectivity index (χ1v) is 7.90. The normalized spacial score (nSPS) is 18.0. The average Bonchev–Trinajstić information content (AvgIpc) is 3.23. The van der Waals surface area contributed by atoms with Crippen molar-refractivity contribution in [3.05, 3.63) is 30.5 Å². The molecular formula is C15H18N8O. The molecule has 2 N–H and O–H groups in total. The summed E-state index contributed by atoms with van der Waals surface area (Å²) in [5.41, 5.74) is 1.16. The number of aryl methyl sites for hydroxylation is 1. The zero-order chi connectivity index (χ0) is 16.5. The van der Waals surface area contributed by atoms with Gasteiger partial charge >= 0.3 is 0 Å². The van der Waals surface area contributed by atoms with Crippen molar-refractivity contribution in [2.45, 2.75) is 18.9 Å².